The first-order valence-electron chi connectivity index (χ1n) is 13.6. The molecule has 44 heavy (non-hydrogen) atoms. The first-order chi connectivity index (χ1) is 20.4. The van der Waals surface area contributed by atoms with Crippen molar-refractivity contribution in [3.8, 4) is 11.1 Å². The zero-order chi connectivity index (χ0) is 32.7. The van der Waals surface area contributed by atoms with Crippen molar-refractivity contribution in [1.29, 1.82) is 0 Å². The number of sulfonamides is 1. The van der Waals surface area contributed by atoms with Crippen molar-refractivity contribution < 1.29 is 39.2 Å². The van der Waals surface area contributed by atoms with E-state index >= 15 is 4.39 Å². The van der Waals surface area contributed by atoms with Crippen molar-refractivity contribution in [1.82, 2.24) is 19.4 Å². The summed E-state index contributed by atoms with van der Waals surface area (Å²) in [5, 5.41) is 3.28. The normalized spacial score (nSPS) is 19.6. The van der Waals surface area contributed by atoms with E-state index in [1.165, 1.54) is 10.9 Å². The van der Waals surface area contributed by atoms with Crippen LogP contribution in [0.4, 0.5) is 42.4 Å². The van der Waals surface area contributed by atoms with Crippen LogP contribution in [0.5, 0.6) is 0 Å². The van der Waals surface area contributed by atoms with Crippen LogP contribution < -0.4 is 15.6 Å². The maximum Gasteiger partial charge on any atom is 0.390 e. The quantitative estimate of drug-likeness (QED) is 0.236. The van der Waals surface area contributed by atoms with Crippen LogP contribution in [0.3, 0.4) is 0 Å². The Hall–Kier alpha value is -3.47. The van der Waals surface area contributed by atoms with Gasteiger partial charge in [0.15, 0.2) is 17.5 Å². The van der Waals surface area contributed by atoms with E-state index in [1.54, 1.807) is 13.8 Å². The Kier molecular flexibility index (Phi) is 9.49. The molecular weight excluding hydrogens is 621 g/mol. The van der Waals surface area contributed by atoms with E-state index in [2.05, 4.69) is 15.3 Å². The Morgan fingerprint density at radius 3 is 2.36 bits per heavy atom. The zero-order valence-corrected chi connectivity index (χ0v) is 25.0. The standard InChI is InChI=1S/C27H31F7N6O3S/c1-13(2)40-24-14(12-35-26(37-24)36-15-5-6-20(39(3)4)18(28)10-15)9-17(25(40)41)16-11-19(29)23(22(31)21(16)30)38-44(42,43)8-7-27(32,33)34/h9,11-13,15,18,20,38H,5-8,10H2,1-4H3,(H,35,36,37)/t15-,18+,20-/m1/s1. The molecular formula is C27H31F7N6O3S. The Labute approximate surface area is 248 Å². The lowest BCUT2D eigenvalue weighted by molar-refractivity contribution is -0.129. The minimum Gasteiger partial charge on any atom is -0.351 e. The van der Waals surface area contributed by atoms with Crippen molar-refractivity contribution in [3.63, 3.8) is 0 Å². The minimum atomic E-state index is -4.91. The first-order valence-corrected chi connectivity index (χ1v) is 15.3. The van der Waals surface area contributed by atoms with Gasteiger partial charge in [-0.05, 0) is 52.9 Å². The minimum absolute atomic E-state index is 0.112. The van der Waals surface area contributed by atoms with Gasteiger partial charge in [0.2, 0.25) is 16.0 Å². The Morgan fingerprint density at radius 2 is 1.77 bits per heavy atom. The summed E-state index contributed by atoms with van der Waals surface area (Å²) < 4.78 is 124. The predicted octanol–water partition coefficient (Wildman–Crippen LogP) is 5.38. The highest BCUT2D eigenvalue weighted by Crippen LogP contribution is 2.33. The molecule has 3 atom stereocenters. The number of alkyl halides is 4. The van der Waals surface area contributed by atoms with Crippen LogP contribution in [0, 0.1) is 17.5 Å². The largest absolute Gasteiger partial charge is 0.390 e. The van der Waals surface area contributed by atoms with Crippen LogP contribution in [0.25, 0.3) is 22.2 Å². The fourth-order valence-corrected chi connectivity index (χ4v) is 6.30. The van der Waals surface area contributed by atoms with Crippen LogP contribution in [-0.4, -0.2) is 72.1 Å². The number of hydrogen-bond acceptors (Lipinski definition) is 7. The molecule has 2 aromatic heterocycles. The van der Waals surface area contributed by atoms with Gasteiger partial charge in [0.1, 0.15) is 17.5 Å². The number of fused-ring (bicyclic) bond motifs is 1. The van der Waals surface area contributed by atoms with Crippen LogP contribution >= 0.6 is 0 Å². The maximum absolute atomic E-state index is 15.2. The number of anilines is 2. The molecule has 2 N–H and O–H groups in total. The lowest BCUT2D eigenvalue weighted by Gasteiger charge is -2.35. The third-order valence-corrected chi connectivity index (χ3v) is 8.64. The highest BCUT2D eigenvalue weighted by atomic mass is 32.2. The molecule has 1 aromatic carbocycles. The molecule has 3 aromatic rings. The number of aromatic nitrogens is 3. The van der Waals surface area contributed by atoms with E-state index < -0.39 is 80.4 Å². The summed E-state index contributed by atoms with van der Waals surface area (Å²) in [5.74, 6) is -6.94. The van der Waals surface area contributed by atoms with Gasteiger partial charge in [-0.15, -0.1) is 0 Å². The molecule has 242 valence electrons. The van der Waals surface area contributed by atoms with Crippen LogP contribution in [0.2, 0.25) is 0 Å². The molecule has 1 saturated carbocycles. The van der Waals surface area contributed by atoms with Gasteiger partial charge in [0.05, 0.1) is 17.7 Å². The van der Waals surface area contributed by atoms with Crippen molar-refractivity contribution in [2.24, 2.45) is 0 Å². The van der Waals surface area contributed by atoms with Crippen molar-refractivity contribution in [2.45, 2.75) is 70.0 Å². The number of halogens is 7. The fraction of sp³-hybridized carbons (Fsp3) is 0.519. The van der Waals surface area contributed by atoms with Crippen molar-refractivity contribution in [3.05, 3.63) is 46.1 Å². The number of nitrogens with zero attached hydrogens (tertiary/aromatic N) is 4. The van der Waals surface area contributed by atoms with Gasteiger partial charge < -0.3 is 10.2 Å². The summed E-state index contributed by atoms with van der Waals surface area (Å²) in [5.41, 5.74) is -3.65. The number of pyridine rings is 1. The molecule has 0 bridgehead atoms. The van der Waals surface area contributed by atoms with Crippen molar-refractivity contribution in [2.75, 3.05) is 29.9 Å². The lowest BCUT2D eigenvalue weighted by Crippen LogP contribution is -2.44. The van der Waals surface area contributed by atoms with Gasteiger partial charge in [0.25, 0.3) is 5.56 Å². The Bertz CT molecular complexity index is 1710. The summed E-state index contributed by atoms with van der Waals surface area (Å²) >= 11 is 0. The molecule has 0 radical (unpaired) electrons. The highest BCUT2D eigenvalue weighted by Gasteiger charge is 2.33. The smallest absolute Gasteiger partial charge is 0.351 e. The molecule has 9 nitrogen and oxygen atoms in total. The molecule has 4 rings (SSSR count). The Balaban J connectivity index is 1.70. The summed E-state index contributed by atoms with van der Waals surface area (Å²) in [4.78, 5) is 24.0. The molecule has 0 aliphatic heterocycles. The highest BCUT2D eigenvalue weighted by molar-refractivity contribution is 7.92. The summed E-state index contributed by atoms with van der Waals surface area (Å²) in [7, 11) is -1.30. The van der Waals surface area contributed by atoms with Crippen LogP contribution in [0.15, 0.2) is 23.1 Å². The molecule has 1 aliphatic rings. The fourth-order valence-electron chi connectivity index (χ4n) is 5.20. The second-order valence-electron chi connectivity index (χ2n) is 11.2. The molecule has 1 fully saturated rings. The molecule has 2 heterocycles. The topological polar surface area (TPSA) is 109 Å². The van der Waals surface area contributed by atoms with E-state index in [0.29, 0.717) is 18.9 Å². The summed E-state index contributed by atoms with van der Waals surface area (Å²) in [6.07, 6.45) is -4.98. The molecule has 0 unspecified atom stereocenters. The SMILES string of the molecule is CC(C)n1c(=O)c(-c2cc(F)c(NS(=O)(=O)CCC(F)(F)F)c(F)c2F)cc2cnc(N[C@@H]3CC[C@@H](N(C)C)[C@@H](F)C3)nc21. The lowest BCUT2D eigenvalue weighted by atomic mass is 9.89. The predicted molar refractivity (Wildman–Crippen MR) is 151 cm³/mol. The van der Waals surface area contributed by atoms with Gasteiger partial charge in [-0.3, -0.25) is 14.1 Å². The van der Waals surface area contributed by atoms with E-state index in [-0.39, 0.29) is 35.5 Å². The van der Waals surface area contributed by atoms with Crippen LogP contribution in [-0.2, 0) is 10.0 Å². The van der Waals surface area contributed by atoms with Gasteiger partial charge in [0, 0.05) is 41.7 Å². The average molecular weight is 653 g/mol. The Morgan fingerprint density at radius 1 is 1.09 bits per heavy atom. The average Bonchev–Trinajstić information content (AvgIpc) is 2.91. The van der Waals surface area contributed by atoms with Crippen molar-refractivity contribution >= 4 is 32.7 Å². The van der Waals surface area contributed by atoms with Crippen LogP contribution in [0.1, 0.15) is 45.6 Å². The first kappa shape index (κ1) is 33.4. The molecule has 0 spiro atoms. The van der Waals surface area contributed by atoms with Gasteiger partial charge in [-0.1, -0.05) is 0 Å². The number of rotatable bonds is 9. The number of benzene rings is 1. The number of hydrogen-bond donors (Lipinski definition) is 2. The van der Waals surface area contributed by atoms with E-state index in [9.17, 15) is 39.6 Å². The molecule has 17 heteroatoms. The second-order valence-corrected chi connectivity index (χ2v) is 13.0. The summed E-state index contributed by atoms with van der Waals surface area (Å²) in [6.45, 7) is 3.23. The monoisotopic (exact) mass is 652 g/mol. The van der Waals surface area contributed by atoms with Gasteiger partial charge >= 0.3 is 6.18 Å². The number of nitrogens with one attached hydrogen (secondary N) is 2. The third kappa shape index (κ3) is 7.25. The zero-order valence-electron chi connectivity index (χ0n) is 24.1. The molecule has 1 aliphatic carbocycles. The third-order valence-electron chi connectivity index (χ3n) is 7.38. The van der Waals surface area contributed by atoms with Gasteiger partial charge in [-0.2, -0.15) is 18.2 Å². The van der Waals surface area contributed by atoms with E-state index in [0.717, 1.165) is 10.6 Å². The van der Waals surface area contributed by atoms with E-state index in [1.807, 2.05) is 19.0 Å². The molecule has 0 saturated heterocycles. The van der Waals surface area contributed by atoms with Gasteiger partial charge in [-0.25, -0.2) is 31.0 Å². The van der Waals surface area contributed by atoms with E-state index in [4.69, 9.17) is 0 Å². The maximum atomic E-state index is 15.2. The molecule has 0 amide bonds. The summed E-state index contributed by atoms with van der Waals surface area (Å²) in [6, 6.07) is 0.415. The second kappa shape index (κ2) is 12.5.